The highest BCUT2D eigenvalue weighted by Gasteiger charge is 2.32. The number of rotatable bonds is 7. The Kier molecular flexibility index (Phi) is 4.78. The molecule has 1 heterocycles. The zero-order valence-corrected chi connectivity index (χ0v) is 14.4. The molecule has 0 aliphatic heterocycles. The highest BCUT2D eigenvalue weighted by Crippen LogP contribution is 2.27. The lowest BCUT2D eigenvalue weighted by atomic mass is 10.2. The first-order valence-corrected chi connectivity index (χ1v) is 8.40. The van der Waals surface area contributed by atoms with E-state index < -0.39 is 0 Å². The van der Waals surface area contributed by atoms with Gasteiger partial charge in [-0.05, 0) is 41.3 Å². The molecular formula is C17H24N6O. The van der Waals surface area contributed by atoms with E-state index in [2.05, 4.69) is 34.7 Å². The van der Waals surface area contributed by atoms with Crippen molar-refractivity contribution in [3.8, 4) is 11.4 Å². The van der Waals surface area contributed by atoms with Crippen molar-refractivity contribution in [1.29, 1.82) is 0 Å². The van der Waals surface area contributed by atoms with Gasteiger partial charge >= 0.3 is 0 Å². The van der Waals surface area contributed by atoms with Crippen molar-refractivity contribution in [2.24, 2.45) is 13.0 Å². The number of carbonyl (C=O) groups is 1. The van der Waals surface area contributed by atoms with Gasteiger partial charge in [0.15, 0.2) is 5.82 Å². The normalized spacial score (nSPS) is 14.0. The molecule has 1 aromatic carbocycles. The molecule has 1 amide bonds. The standard InChI is InChI=1S/C17H24N6O/c1-12(2)11-23(15-7-8-15)16(24)10-18-14-6-4-5-13(9-14)17-19-20-21-22(17)3/h4-6,9,12,15,18H,7-8,10-11H2,1-3H3. The van der Waals surface area contributed by atoms with E-state index in [0.717, 1.165) is 30.6 Å². The highest BCUT2D eigenvalue weighted by molar-refractivity contribution is 5.81. The molecule has 1 aliphatic carbocycles. The number of tetrazole rings is 1. The first-order chi connectivity index (χ1) is 11.5. The number of hydrogen-bond acceptors (Lipinski definition) is 5. The second kappa shape index (κ2) is 6.98. The summed E-state index contributed by atoms with van der Waals surface area (Å²) in [5.74, 6) is 1.35. The fraction of sp³-hybridized carbons (Fsp3) is 0.529. The monoisotopic (exact) mass is 328 g/mol. The van der Waals surface area contributed by atoms with Crippen LogP contribution < -0.4 is 5.32 Å². The first-order valence-electron chi connectivity index (χ1n) is 8.40. The van der Waals surface area contributed by atoms with E-state index >= 15 is 0 Å². The maximum atomic E-state index is 12.5. The minimum atomic E-state index is 0.164. The predicted octanol–water partition coefficient (Wildman–Crippen LogP) is 1.94. The van der Waals surface area contributed by atoms with E-state index in [-0.39, 0.29) is 5.91 Å². The molecule has 128 valence electrons. The van der Waals surface area contributed by atoms with Crippen molar-refractivity contribution in [3.05, 3.63) is 24.3 Å². The van der Waals surface area contributed by atoms with E-state index in [4.69, 9.17) is 0 Å². The Hall–Kier alpha value is -2.44. The molecule has 1 fully saturated rings. The molecule has 1 aliphatic rings. The molecule has 1 N–H and O–H groups in total. The average Bonchev–Trinajstić information content (AvgIpc) is 3.31. The summed E-state index contributed by atoms with van der Waals surface area (Å²) in [6.45, 7) is 5.43. The quantitative estimate of drug-likeness (QED) is 0.840. The lowest BCUT2D eigenvalue weighted by Crippen LogP contribution is -2.39. The van der Waals surface area contributed by atoms with Gasteiger partial charge in [-0.1, -0.05) is 26.0 Å². The van der Waals surface area contributed by atoms with E-state index in [1.54, 1.807) is 11.7 Å². The number of hydrogen-bond donors (Lipinski definition) is 1. The number of aryl methyl sites for hydroxylation is 1. The van der Waals surface area contributed by atoms with Gasteiger partial charge in [-0.25, -0.2) is 4.68 Å². The molecule has 0 atom stereocenters. The van der Waals surface area contributed by atoms with Crippen LogP contribution in [-0.2, 0) is 11.8 Å². The lowest BCUT2D eigenvalue weighted by molar-refractivity contribution is -0.130. The van der Waals surface area contributed by atoms with Crippen LogP contribution >= 0.6 is 0 Å². The maximum Gasteiger partial charge on any atom is 0.242 e. The van der Waals surface area contributed by atoms with E-state index in [0.29, 0.717) is 24.3 Å². The number of carbonyl (C=O) groups excluding carboxylic acids is 1. The molecular weight excluding hydrogens is 304 g/mol. The van der Waals surface area contributed by atoms with E-state index in [1.807, 2.05) is 29.2 Å². The molecule has 3 rings (SSSR count). The van der Waals surface area contributed by atoms with Crippen LogP contribution in [0, 0.1) is 5.92 Å². The third kappa shape index (κ3) is 3.90. The van der Waals surface area contributed by atoms with Gasteiger partial charge in [0.05, 0.1) is 6.54 Å². The van der Waals surface area contributed by atoms with Crippen molar-refractivity contribution in [1.82, 2.24) is 25.1 Å². The number of aromatic nitrogens is 4. The summed E-state index contributed by atoms with van der Waals surface area (Å²) in [5.41, 5.74) is 1.81. The van der Waals surface area contributed by atoms with Crippen molar-refractivity contribution in [2.45, 2.75) is 32.7 Å². The Morgan fingerprint density at radius 3 is 2.83 bits per heavy atom. The van der Waals surface area contributed by atoms with Gasteiger partial charge in [0.2, 0.25) is 5.91 Å². The van der Waals surface area contributed by atoms with Crippen molar-refractivity contribution in [2.75, 3.05) is 18.4 Å². The number of nitrogens with zero attached hydrogens (tertiary/aromatic N) is 5. The zero-order chi connectivity index (χ0) is 17.1. The largest absolute Gasteiger partial charge is 0.376 e. The van der Waals surface area contributed by atoms with Crippen molar-refractivity contribution in [3.63, 3.8) is 0 Å². The molecule has 0 unspecified atom stereocenters. The second-order valence-electron chi connectivity index (χ2n) is 6.73. The Morgan fingerprint density at radius 1 is 1.42 bits per heavy atom. The van der Waals surface area contributed by atoms with Gasteiger partial charge in [-0.15, -0.1) is 5.10 Å². The van der Waals surface area contributed by atoms with Crippen LogP contribution in [0.4, 0.5) is 5.69 Å². The smallest absolute Gasteiger partial charge is 0.242 e. The third-order valence-electron chi connectivity index (χ3n) is 4.05. The molecule has 1 aromatic heterocycles. The molecule has 0 saturated heterocycles. The summed E-state index contributed by atoms with van der Waals surface area (Å²) >= 11 is 0. The van der Waals surface area contributed by atoms with Crippen LogP contribution in [0.15, 0.2) is 24.3 Å². The number of amides is 1. The van der Waals surface area contributed by atoms with Gasteiger partial charge in [0, 0.05) is 30.9 Å². The van der Waals surface area contributed by atoms with Crippen molar-refractivity contribution >= 4 is 11.6 Å². The second-order valence-corrected chi connectivity index (χ2v) is 6.73. The third-order valence-corrected chi connectivity index (χ3v) is 4.05. The molecule has 0 bridgehead atoms. The first kappa shape index (κ1) is 16.4. The van der Waals surface area contributed by atoms with Gasteiger partial charge < -0.3 is 10.2 Å². The molecule has 1 saturated carbocycles. The van der Waals surface area contributed by atoms with Gasteiger partial charge in [0.25, 0.3) is 0 Å². The maximum absolute atomic E-state index is 12.5. The Balaban J connectivity index is 1.64. The highest BCUT2D eigenvalue weighted by atomic mass is 16.2. The fourth-order valence-electron chi connectivity index (χ4n) is 2.76. The van der Waals surface area contributed by atoms with Gasteiger partial charge in [-0.2, -0.15) is 0 Å². The topological polar surface area (TPSA) is 75.9 Å². The number of benzene rings is 1. The predicted molar refractivity (Wildman–Crippen MR) is 92.3 cm³/mol. The Labute approximate surface area is 142 Å². The summed E-state index contributed by atoms with van der Waals surface area (Å²) in [4.78, 5) is 14.6. The van der Waals surface area contributed by atoms with E-state index in [9.17, 15) is 4.79 Å². The summed E-state index contributed by atoms with van der Waals surface area (Å²) in [7, 11) is 1.80. The van der Waals surface area contributed by atoms with Gasteiger partial charge in [-0.3, -0.25) is 4.79 Å². The zero-order valence-electron chi connectivity index (χ0n) is 14.4. The van der Waals surface area contributed by atoms with Crippen LogP contribution in [-0.4, -0.2) is 50.1 Å². The van der Waals surface area contributed by atoms with Gasteiger partial charge in [0.1, 0.15) is 0 Å². The minimum Gasteiger partial charge on any atom is -0.376 e. The molecule has 0 radical (unpaired) electrons. The number of nitrogens with one attached hydrogen (secondary N) is 1. The van der Waals surface area contributed by atoms with Crippen LogP contribution in [0.5, 0.6) is 0 Å². The van der Waals surface area contributed by atoms with Crippen molar-refractivity contribution < 1.29 is 4.79 Å². The molecule has 7 nitrogen and oxygen atoms in total. The van der Waals surface area contributed by atoms with Crippen LogP contribution in [0.1, 0.15) is 26.7 Å². The van der Waals surface area contributed by atoms with Crippen LogP contribution in [0.2, 0.25) is 0 Å². The summed E-state index contributed by atoms with van der Waals surface area (Å²) in [6.07, 6.45) is 2.26. The van der Waals surface area contributed by atoms with E-state index in [1.165, 1.54) is 0 Å². The minimum absolute atomic E-state index is 0.164. The summed E-state index contributed by atoms with van der Waals surface area (Å²) in [5, 5.41) is 14.8. The summed E-state index contributed by atoms with van der Waals surface area (Å²) in [6, 6.07) is 8.24. The SMILES string of the molecule is CC(C)CN(C(=O)CNc1cccc(-c2nnnn2C)c1)C1CC1. The molecule has 2 aromatic rings. The molecule has 0 spiro atoms. The number of anilines is 1. The van der Waals surface area contributed by atoms with Crippen LogP contribution in [0.25, 0.3) is 11.4 Å². The average molecular weight is 328 g/mol. The molecule has 7 heteroatoms. The fourth-order valence-corrected chi connectivity index (χ4v) is 2.76. The Morgan fingerprint density at radius 2 is 2.21 bits per heavy atom. The lowest BCUT2D eigenvalue weighted by Gasteiger charge is -2.24. The van der Waals surface area contributed by atoms with Crippen LogP contribution in [0.3, 0.4) is 0 Å². The Bertz CT molecular complexity index is 707. The molecule has 24 heavy (non-hydrogen) atoms. The summed E-state index contributed by atoms with van der Waals surface area (Å²) < 4.78 is 1.63.